The van der Waals surface area contributed by atoms with Gasteiger partial charge in [0.1, 0.15) is 11.8 Å². The van der Waals surface area contributed by atoms with E-state index in [1.807, 2.05) is 52.8 Å². The molecule has 1 heterocycles. The number of rotatable bonds is 8. The van der Waals surface area contributed by atoms with Crippen LogP contribution in [0, 0.1) is 20.8 Å². The number of nitrogens with zero attached hydrogens (tertiary/aromatic N) is 2. The standard InChI is InChI=1S/C28H33ClN4O4/c1-17-13-18(2)15-20(14-17)33(25(35)12-11-24(34)30-23-16-19(3)37-32-23)26(27(36)31-28(4,5)6)21-9-7-8-10-22(21)29/h7-10,13-16,26H,11-12H2,1-6H3,(H,31,36)(H,30,32,34). The molecule has 1 aromatic heterocycles. The van der Waals surface area contributed by atoms with Gasteiger partial charge in [-0.3, -0.25) is 19.3 Å². The molecule has 0 saturated carbocycles. The number of aromatic nitrogens is 1. The highest BCUT2D eigenvalue weighted by Crippen LogP contribution is 2.34. The van der Waals surface area contributed by atoms with Gasteiger partial charge in [0.15, 0.2) is 5.82 Å². The fourth-order valence-corrected chi connectivity index (χ4v) is 4.27. The van der Waals surface area contributed by atoms with Crippen molar-refractivity contribution in [3.8, 4) is 0 Å². The Morgan fingerprint density at radius 2 is 1.65 bits per heavy atom. The highest BCUT2D eigenvalue weighted by Gasteiger charge is 2.35. The van der Waals surface area contributed by atoms with E-state index < -0.39 is 23.4 Å². The zero-order chi connectivity index (χ0) is 27.3. The Kier molecular flexibility index (Phi) is 8.76. The fourth-order valence-electron chi connectivity index (χ4n) is 4.03. The fraction of sp³-hybridized carbons (Fsp3) is 0.357. The first kappa shape index (κ1) is 27.9. The van der Waals surface area contributed by atoms with Crippen LogP contribution in [-0.2, 0) is 14.4 Å². The summed E-state index contributed by atoms with van der Waals surface area (Å²) in [6.07, 6.45) is -0.248. The van der Waals surface area contributed by atoms with Crippen molar-refractivity contribution in [3.63, 3.8) is 0 Å². The molecule has 0 saturated heterocycles. The summed E-state index contributed by atoms with van der Waals surface area (Å²) in [5.41, 5.74) is 2.34. The molecule has 0 fully saturated rings. The second-order valence-electron chi connectivity index (χ2n) is 10.1. The lowest BCUT2D eigenvalue weighted by Gasteiger charge is -2.34. The molecule has 3 rings (SSSR count). The maximum absolute atomic E-state index is 13.8. The molecule has 0 aliphatic carbocycles. The summed E-state index contributed by atoms with van der Waals surface area (Å²) in [5, 5.41) is 9.72. The quantitative estimate of drug-likeness (QED) is 0.395. The van der Waals surface area contributed by atoms with Gasteiger partial charge >= 0.3 is 0 Å². The van der Waals surface area contributed by atoms with Crippen molar-refractivity contribution in [2.24, 2.45) is 0 Å². The van der Waals surface area contributed by atoms with Crippen LogP contribution in [0.1, 0.15) is 62.1 Å². The maximum Gasteiger partial charge on any atom is 0.248 e. The number of carbonyl (C=O) groups is 3. The number of nitrogens with one attached hydrogen (secondary N) is 2. The summed E-state index contributed by atoms with van der Waals surface area (Å²) < 4.78 is 4.97. The summed E-state index contributed by atoms with van der Waals surface area (Å²) in [6, 6.07) is 13.2. The van der Waals surface area contributed by atoms with Gasteiger partial charge in [-0.15, -0.1) is 0 Å². The summed E-state index contributed by atoms with van der Waals surface area (Å²) >= 11 is 6.55. The van der Waals surface area contributed by atoms with Gasteiger partial charge in [-0.25, -0.2) is 0 Å². The number of hydrogen-bond donors (Lipinski definition) is 2. The second-order valence-corrected chi connectivity index (χ2v) is 10.6. The van der Waals surface area contributed by atoms with E-state index in [2.05, 4.69) is 15.8 Å². The molecule has 37 heavy (non-hydrogen) atoms. The van der Waals surface area contributed by atoms with Gasteiger partial charge in [0.25, 0.3) is 0 Å². The Morgan fingerprint density at radius 3 is 2.22 bits per heavy atom. The third kappa shape index (κ3) is 7.67. The number of benzene rings is 2. The minimum Gasteiger partial charge on any atom is -0.360 e. The minimum absolute atomic E-state index is 0.109. The van der Waals surface area contributed by atoms with E-state index in [1.54, 1.807) is 37.3 Å². The first-order valence-corrected chi connectivity index (χ1v) is 12.4. The van der Waals surface area contributed by atoms with Crippen molar-refractivity contribution in [3.05, 3.63) is 76.0 Å². The van der Waals surface area contributed by atoms with E-state index in [4.69, 9.17) is 16.1 Å². The lowest BCUT2D eigenvalue weighted by molar-refractivity contribution is -0.128. The van der Waals surface area contributed by atoms with E-state index >= 15 is 0 Å². The molecule has 9 heteroatoms. The van der Waals surface area contributed by atoms with Gasteiger partial charge in [0, 0.05) is 40.7 Å². The largest absolute Gasteiger partial charge is 0.360 e. The normalized spacial score (nSPS) is 12.1. The SMILES string of the molecule is Cc1cc(C)cc(N(C(=O)CCC(=O)Nc2cc(C)on2)C(C(=O)NC(C)(C)C)c2ccccc2Cl)c1. The van der Waals surface area contributed by atoms with Crippen molar-refractivity contribution in [1.82, 2.24) is 10.5 Å². The monoisotopic (exact) mass is 524 g/mol. The van der Waals surface area contributed by atoms with E-state index in [0.29, 0.717) is 22.0 Å². The van der Waals surface area contributed by atoms with Gasteiger partial charge in [0.2, 0.25) is 17.7 Å². The van der Waals surface area contributed by atoms with Crippen molar-refractivity contribution in [2.75, 3.05) is 10.2 Å². The number of carbonyl (C=O) groups excluding carboxylic acids is 3. The molecule has 3 aromatic rings. The molecule has 0 aliphatic heterocycles. The number of hydrogen-bond acceptors (Lipinski definition) is 5. The smallest absolute Gasteiger partial charge is 0.248 e. The number of aryl methyl sites for hydroxylation is 3. The summed E-state index contributed by atoms with van der Waals surface area (Å²) in [4.78, 5) is 41.5. The van der Waals surface area contributed by atoms with Crippen LogP contribution in [0.2, 0.25) is 5.02 Å². The minimum atomic E-state index is -1.05. The zero-order valence-corrected chi connectivity index (χ0v) is 22.8. The third-order valence-electron chi connectivity index (χ3n) is 5.42. The van der Waals surface area contributed by atoms with Gasteiger partial charge in [0.05, 0.1) is 0 Å². The van der Waals surface area contributed by atoms with Crippen LogP contribution in [0.5, 0.6) is 0 Å². The van der Waals surface area contributed by atoms with Crippen LogP contribution in [0.3, 0.4) is 0 Å². The van der Waals surface area contributed by atoms with Crippen molar-refractivity contribution in [1.29, 1.82) is 0 Å². The molecular formula is C28H33ClN4O4. The summed E-state index contributed by atoms with van der Waals surface area (Å²) in [7, 11) is 0. The topological polar surface area (TPSA) is 105 Å². The van der Waals surface area contributed by atoms with Gasteiger partial charge in [-0.05, 0) is 70.9 Å². The molecular weight excluding hydrogens is 492 g/mol. The van der Waals surface area contributed by atoms with Crippen LogP contribution in [-0.4, -0.2) is 28.4 Å². The molecule has 2 aromatic carbocycles. The Bertz CT molecular complexity index is 1280. The molecule has 1 unspecified atom stereocenters. The van der Waals surface area contributed by atoms with Crippen molar-refractivity contribution >= 4 is 40.8 Å². The van der Waals surface area contributed by atoms with E-state index in [1.165, 1.54) is 4.90 Å². The van der Waals surface area contributed by atoms with Crippen molar-refractivity contribution < 1.29 is 18.9 Å². The van der Waals surface area contributed by atoms with Crippen LogP contribution < -0.4 is 15.5 Å². The molecule has 196 valence electrons. The van der Waals surface area contributed by atoms with Gasteiger partial charge in [-0.2, -0.15) is 0 Å². The summed E-state index contributed by atoms with van der Waals surface area (Å²) in [5.74, 6) is -0.337. The molecule has 8 nitrogen and oxygen atoms in total. The first-order valence-electron chi connectivity index (χ1n) is 12.0. The average molecular weight is 525 g/mol. The predicted molar refractivity (Wildman–Crippen MR) is 145 cm³/mol. The average Bonchev–Trinajstić information content (AvgIpc) is 3.18. The second kappa shape index (κ2) is 11.6. The molecule has 0 bridgehead atoms. The highest BCUT2D eigenvalue weighted by atomic mass is 35.5. The lowest BCUT2D eigenvalue weighted by atomic mass is 9.99. The number of amides is 3. The highest BCUT2D eigenvalue weighted by molar-refractivity contribution is 6.31. The Hall–Kier alpha value is -3.65. The Labute approximate surface area is 222 Å². The molecule has 0 aliphatic rings. The van der Waals surface area contributed by atoms with Crippen LogP contribution >= 0.6 is 11.6 Å². The predicted octanol–water partition coefficient (Wildman–Crippen LogP) is 5.66. The molecule has 2 N–H and O–H groups in total. The van der Waals surface area contributed by atoms with Crippen LogP contribution in [0.25, 0.3) is 0 Å². The first-order chi connectivity index (χ1) is 17.3. The molecule has 3 amide bonds. The van der Waals surface area contributed by atoms with Crippen LogP contribution in [0.15, 0.2) is 53.1 Å². The van der Waals surface area contributed by atoms with E-state index in [-0.39, 0.29) is 24.6 Å². The maximum atomic E-state index is 13.8. The van der Waals surface area contributed by atoms with Crippen LogP contribution in [0.4, 0.5) is 11.5 Å². The summed E-state index contributed by atoms with van der Waals surface area (Å²) in [6.45, 7) is 11.2. The zero-order valence-electron chi connectivity index (χ0n) is 22.0. The van der Waals surface area contributed by atoms with Gasteiger partial charge < -0.3 is 15.2 Å². The van der Waals surface area contributed by atoms with Gasteiger partial charge in [-0.1, -0.05) is 41.0 Å². The number of anilines is 2. The third-order valence-corrected chi connectivity index (χ3v) is 5.76. The molecule has 0 radical (unpaired) electrons. The molecule has 0 spiro atoms. The lowest BCUT2D eigenvalue weighted by Crippen LogP contribution is -2.49. The van der Waals surface area contributed by atoms with E-state index in [9.17, 15) is 14.4 Å². The Balaban J connectivity index is 2.01. The van der Waals surface area contributed by atoms with E-state index in [0.717, 1.165) is 11.1 Å². The van der Waals surface area contributed by atoms with Crippen molar-refractivity contribution in [2.45, 2.75) is 66.0 Å². The Morgan fingerprint density at radius 1 is 1.00 bits per heavy atom. The molecule has 1 atom stereocenters. The number of halogens is 1.